The van der Waals surface area contributed by atoms with E-state index < -0.39 is 0 Å². The predicted octanol–water partition coefficient (Wildman–Crippen LogP) is 1.25. The Bertz CT molecular complexity index is 401. The van der Waals surface area contributed by atoms with Crippen molar-refractivity contribution in [2.75, 3.05) is 23.7 Å². The van der Waals surface area contributed by atoms with Gasteiger partial charge in [0.15, 0.2) is 0 Å². The van der Waals surface area contributed by atoms with Crippen molar-refractivity contribution in [3.63, 3.8) is 0 Å². The van der Waals surface area contributed by atoms with Crippen LogP contribution in [0.3, 0.4) is 0 Å². The van der Waals surface area contributed by atoms with Crippen LogP contribution in [-0.2, 0) is 4.79 Å². The fourth-order valence-electron chi connectivity index (χ4n) is 1.92. The summed E-state index contributed by atoms with van der Waals surface area (Å²) < 4.78 is 0. The van der Waals surface area contributed by atoms with Gasteiger partial charge in [0.1, 0.15) is 6.04 Å². The number of rotatable bonds is 1. The standard InChI is InChI=1S/C11H14ClN3O/c1-7-11(16)14-5-6-15(7)10-8(12)3-2-4-9(10)13/h2-4,7H,5-6,13H2,1H3,(H,14,16). The number of benzene rings is 1. The zero-order valence-corrected chi connectivity index (χ0v) is 9.79. The first-order valence-electron chi connectivity index (χ1n) is 5.19. The van der Waals surface area contributed by atoms with E-state index in [2.05, 4.69) is 5.32 Å². The highest BCUT2D eigenvalue weighted by atomic mass is 35.5. The third kappa shape index (κ3) is 1.80. The average molecular weight is 240 g/mol. The molecule has 1 atom stereocenters. The van der Waals surface area contributed by atoms with Crippen LogP contribution in [0, 0.1) is 0 Å². The second kappa shape index (κ2) is 4.22. The van der Waals surface area contributed by atoms with Gasteiger partial charge in [-0.2, -0.15) is 0 Å². The molecule has 16 heavy (non-hydrogen) atoms. The van der Waals surface area contributed by atoms with E-state index in [1.54, 1.807) is 18.2 Å². The number of anilines is 2. The molecule has 1 aliphatic heterocycles. The second-order valence-corrected chi connectivity index (χ2v) is 4.25. The number of halogens is 1. The summed E-state index contributed by atoms with van der Waals surface area (Å²) >= 11 is 6.12. The number of piperazine rings is 1. The number of hydrogen-bond donors (Lipinski definition) is 2. The highest BCUT2D eigenvalue weighted by Crippen LogP contribution is 2.33. The number of hydrogen-bond acceptors (Lipinski definition) is 3. The zero-order valence-electron chi connectivity index (χ0n) is 9.03. The number of carbonyl (C=O) groups is 1. The molecule has 1 fully saturated rings. The molecule has 4 nitrogen and oxygen atoms in total. The molecule has 1 aromatic rings. The van der Waals surface area contributed by atoms with Gasteiger partial charge in [0.05, 0.1) is 16.4 Å². The van der Waals surface area contributed by atoms with E-state index in [-0.39, 0.29) is 11.9 Å². The fourth-order valence-corrected chi connectivity index (χ4v) is 2.21. The van der Waals surface area contributed by atoms with E-state index in [1.165, 1.54) is 0 Å². The van der Waals surface area contributed by atoms with E-state index in [4.69, 9.17) is 17.3 Å². The van der Waals surface area contributed by atoms with E-state index in [1.807, 2.05) is 11.8 Å². The topological polar surface area (TPSA) is 58.4 Å². The highest BCUT2D eigenvalue weighted by Gasteiger charge is 2.27. The Morgan fingerprint density at radius 2 is 2.31 bits per heavy atom. The van der Waals surface area contributed by atoms with Crippen molar-refractivity contribution < 1.29 is 4.79 Å². The molecular formula is C11H14ClN3O. The minimum atomic E-state index is -0.240. The Labute approximate surface area is 99.4 Å². The maximum atomic E-state index is 11.6. The van der Waals surface area contributed by atoms with Crippen molar-refractivity contribution >= 4 is 28.9 Å². The Balaban J connectivity index is 2.39. The number of nitrogens with zero attached hydrogens (tertiary/aromatic N) is 1. The minimum Gasteiger partial charge on any atom is -0.397 e. The number of nitrogens with one attached hydrogen (secondary N) is 1. The first kappa shape index (κ1) is 11.1. The summed E-state index contributed by atoms with van der Waals surface area (Å²) in [5.74, 6) is 0.00516. The molecule has 0 saturated carbocycles. The Morgan fingerprint density at radius 1 is 1.56 bits per heavy atom. The molecular weight excluding hydrogens is 226 g/mol. The molecule has 0 spiro atoms. The molecule has 0 aliphatic carbocycles. The van der Waals surface area contributed by atoms with Gasteiger partial charge in [0, 0.05) is 13.1 Å². The molecule has 1 heterocycles. The van der Waals surface area contributed by atoms with Crippen LogP contribution in [0.25, 0.3) is 0 Å². The van der Waals surface area contributed by atoms with Crippen molar-refractivity contribution in [1.82, 2.24) is 5.32 Å². The van der Waals surface area contributed by atoms with Gasteiger partial charge >= 0.3 is 0 Å². The fraction of sp³-hybridized carbons (Fsp3) is 0.364. The van der Waals surface area contributed by atoms with Crippen LogP contribution in [0.2, 0.25) is 5.02 Å². The lowest BCUT2D eigenvalue weighted by Crippen LogP contribution is -2.54. The van der Waals surface area contributed by atoms with Gasteiger partial charge in [-0.3, -0.25) is 4.79 Å². The van der Waals surface area contributed by atoms with Gasteiger partial charge in [-0.15, -0.1) is 0 Å². The van der Waals surface area contributed by atoms with Crippen molar-refractivity contribution in [3.8, 4) is 0 Å². The largest absolute Gasteiger partial charge is 0.397 e. The number of carbonyl (C=O) groups excluding carboxylic acids is 1. The highest BCUT2D eigenvalue weighted by molar-refractivity contribution is 6.34. The van der Waals surface area contributed by atoms with Crippen molar-refractivity contribution in [2.45, 2.75) is 13.0 Å². The molecule has 5 heteroatoms. The Hall–Kier alpha value is -1.42. The third-order valence-corrected chi connectivity index (χ3v) is 3.11. The molecule has 3 N–H and O–H groups in total. The predicted molar refractivity (Wildman–Crippen MR) is 65.7 cm³/mol. The maximum Gasteiger partial charge on any atom is 0.242 e. The van der Waals surface area contributed by atoms with Crippen LogP contribution in [0.5, 0.6) is 0 Å². The smallest absolute Gasteiger partial charge is 0.242 e. The van der Waals surface area contributed by atoms with Crippen molar-refractivity contribution in [2.24, 2.45) is 0 Å². The van der Waals surface area contributed by atoms with Gasteiger partial charge in [0.25, 0.3) is 0 Å². The summed E-state index contributed by atoms with van der Waals surface area (Å²) in [5.41, 5.74) is 7.26. The summed E-state index contributed by atoms with van der Waals surface area (Å²) in [6.07, 6.45) is 0. The molecule has 86 valence electrons. The van der Waals surface area contributed by atoms with E-state index >= 15 is 0 Å². The van der Waals surface area contributed by atoms with Gasteiger partial charge in [0.2, 0.25) is 5.91 Å². The summed E-state index contributed by atoms with van der Waals surface area (Å²) in [4.78, 5) is 13.5. The molecule has 1 saturated heterocycles. The number of para-hydroxylation sites is 1. The minimum absolute atomic E-state index is 0.00516. The Morgan fingerprint density at radius 3 is 3.00 bits per heavy atom. The van der Waals surface area contributed by atoms with Crippen LogP contribution in [-0.4, -0.2) is 25.0 Å². The lowest BCUT2D eigenvalue weighted by Gasteiger charge is -2.35. The van der Waals surface area contributed by atoms with E-state index in [9.17, 15) is 4.79 Å². The summed E-state index contributed by atoms with van der Waals surface area (Å²) in [7, 11) is 0. The SMILES string of the molecule is CC1C(=O)NCCN1c1c(N)cccc1Cl. The van der Waals surface area contributed by atoms with Gasteiger partial charge in [-0.25, -0.2) is 0 Å². The molecule has 1 aliphatic rings. The average Bonchev–Trinajstić information content (AvgIpc) is 2.24. The third-order valence-electron chi connectivity index (χ3n) is 2.80. The van der Waals surface area contributed by atoms with Crippen molar-refractivity contribution in [1.29, 1.82) is 0 Å². The molecule has 0 bridgehead atoms. The molecule has 1 amide bonds. The van der Waals surface area contributed by atoms with Gasteiger partial charge < -0.3 is 16.0 Å². The quantitative estimate of drug-likeness (QED) is 0.726. The molecule has 1 aromatic carbocycles. The van der Waals surface area contributed by atoms with Crippen LogP contribution in [0.4, 0.5) is 11.4 Å². The number of nitrogen functional groups attached to an aromatic ring is 1. The molecule has 0 aromatic heterocycles. The van der Waals surface area contributed by atoms with Crippen LogP contribution in [0.1, 0.15) is 6.92 Å². The van der Waals surface area contributed by atoms with E-state index in [0.717, 1.165) is 12.2 Å². The number of amides is 1. The normalized spacial score (nSPS) is 20.8. The summed E-state index contributed by atoms with van der Waals surface area (Å²) in [5, 5.41) is 3.39. The van der Waals surface area contributed by atoms with Crippen molar-refractivity contribution in [3.05, 3.63) is 23.2 Å². The Kier molecular flexibility index (Phi) is 2.92. The lowest BCUT2D eigenvalue weighted by molar-refractivity contribution is -0.122. The molecule has 0 radical (unpaired) electrons. The van der Waals surface area contributed by atoms with E-state index in [0.29, 0.717) is 17.3 Å². The molecule has 2 rings (SSSR count). The second-order valence-electron chi connectivity index (χ2n) is 3.84. The zero-order chi connectivity index (χ0) is 11.7. The summed E-state index contributed by atoms with van der Waals surface area (Å²) in [6, 6.07) is 5.14. The summed E-state index contributed by atoms with van der Waals surface area (Å²) in [6.45, 7) is 3.19. The monoisotopic (exact) mass is 239 g/mol. The van der Waals surface area contributed by atoms with Gasteiger partial charge in [-0.05, 0) is 19.1 Å². The molecule has 1 unspecified atom stereocenters. The maximum absolute atomic E-state index is 11.6. The van der Waals surface area contributed by atoms with Crippen LogP contribution in [0.15, 0.2) is 18.2 Å². The van der Waals surface area contributed by atoms with Crippen LogP contribution < -0.4 is 16.0 Å². The number of nitrogens with two attached hydrogens (primary N) is 1. The first-order valence-corrected chi connectivity index (χ1v) is 5.57. The van der Waals surface area contributed by atoms with Crippen LogP contribution >= 0.6 is 11.6 Å². The van der Waals surface area contributed by atoms with Gasteiger partial charge in [-0.1, -0.05) is 17.7 Å². The lowest BCUT2D eigenvalue weighted by atomic mass is 10.1. The first-order chi connectivity index (χ1) is 7.61.